The molecule has 1 saturated heterocycles. The summed E-state index contributed by atoms with van der Waals surface area (Å²) in [5.41, 5.74) is 1.44. The number of urea groups is 1. The Hall–Kier alpha value is -2.21. The summed E-state index contributed by atoms with van der Waals surface area (Å²) in [5, 5.41) is 2.73. The van der Waals surface area contributed by atoms with Gasteiger partial charge in [0.2, 0.25) is 0 Å². The largest absolute Gasteiger partial charge is 0.492 e. The monoisotopic (exact) mass is 346 g/mol. The van der Waals surface area contributed by atoms with Crippen LogP contribution < -0.4 is 10.1 Å². The predicted octanol–water partition coefficient (Wildman–Crippen LogP) is 4.50. The summed E-state index contributed by atoms with van der Waals surface area (Å²) < 4.78 is 19.0. The Labute approximate surface area is 145 Å². The van der Waals surface area contributed by atoms with Gasteiger partial charge in [-0.2, -0.15) is 0 Å². The molecule has 1 aliphatic rings. The molecule has 0 aromatic heterocycles. The maximum atomic E-state index is 13.5. The Kier molecular flexibility index (Phi) is 5.25. The van der Waals surface area contributed by atoms with Crippen LogP contribution >= 0.6 is 11.8 Å². The maximum Gasteiger partial charge on any atom is 0.323 e. The van der Waals surface area contributed by atoms with E-state index in [1.807, 2.05) is 37.3 Å². The van der Waals surface area contributed by atoms with Crippen molar-refractivity contribution in [2.24, 2.45) is 0 Å². The van der Waals surface area contributed by atoms with E-state index in [4.69, 9.17) is 4.74 Å². The van der Waals surface area contributed by atoms with Crippen molar-refractivity contribution in [1.29, 1.82) is 0 Å². The first-order chi connectivity index (χ1) is 11.7. The van der Waals surface area contributed by atoms with Crippen molar-refractivity contribution in [3.8, 4) is 5.75 Å². The van der Waals surface area contributed by atoms with Crippen molar-refractivity contribution in [3.63, 3.8) is 0 Å². The van der Waals surface area contributed by atoms with E-state index in [1.165, 1.54) is 12.1 Å². The number of ether oxygens (including phenoxy) is 1. The summed E-state index contributed by atoms with van der Waals surface area (Å²) in [5.74, 6) is 1.17. The van der Waals surface area contributed by atoms with Crippen LogP contribution in [0.2, 0.25) is 0 Å². The number of halogens is 1. The number of nitrogens with zero attached hydrogens (tertiary/aromatic N) is 1. The van der Waals surface area contributed by atoms with Crippen LogP contribution in [0.25, 0.3) is 0 Å². The maximum absolute atomic E-state index is 13.5. The van der Waals surface area contributed by atoms with Gasteiger partial charge in [-0.15, -0.1) is 11.8 Å². The summed E-state index contributed by atoms with van der Waals surface area (Å²) in [6.07, 6.45) is 0. The lowest BCUT2D eigenvalue weighted by Gasteiger charge is -2.25. The molecule has 1 aliphatic heterocycles. The lowest BCUT2D eigenvalue weighted by Crippen LogP contribution is -2.34. The zero-order chi connectivity index (χ0) is 16.9. The number of carbonyl (C=O) groups is 1. The Bertz CT molecular complexity index is 726. The molecule has 0 bridgehead atoms. The molecule has 0 aliphatic carbocycles. The fraction of sp³-hybridized carbons (Fsp3) is 0.278. The summed E-state index contributed by atoms with van der Waals surface area (Å²) >= 11 is 1.63. The highest BCUT2D eigenvalue weighted by atomic mass is 32.2. The molecule has 2 amide bonds. The fourth-order valence-electron chi connectivity index (χ4n) is 2.65. The molecule has 0 spiro atoms. The first kappa shape index (κ1) is 16.6. The number of nitrogens with one attached hydrogen (secondary N) is 1. The molecule has 4 nitrogen and oxygen atoms in total. The van der Waals surface area contributed by atoms with Gasteiger partial charge in [-0.1, -0.05) is 24.3 Å². The van der Waals surface area contributed by atoms with E-state index in [0.29, 0.717) is 24.6 Å². The average molecular weight is 346 g/mol. The highest BCUT2D eigenvalue weighted by molar-refractivity contribution is 7.99. The van der Waals surface area contributed by atoms with E-state index >= 15 is 0 Å². The average Bonchev–Trinajstić information content (AvgIpc) is 3.07. The smallest absolute Gasteiger partial charge is 0.323 e. The third-order valence-electron chi connectivity index (χ3n) is 3.71. The van der Waals surface area contributed by atoms with Crippen LogP contribution in [0.15, 0.2) is 48.5 Å². The molecular weight excluding hydrogens is 327 g/mol. The molecule has 6 heteroatoms. The molecule has 3 rings (SSSR count). The van der Waals surface area contributed by atoms with Crippen molar-refractivity contribution in [2.75, 3.05) is 24.2 Å². The number of carbonyl (C=O) groups excluding carboxylic acids is 1. The predicted molar refractivity (Wildman–Crippen MR) is 94.9 cm³/mol. The van der Waals surface area contributed by atoms with E-state index in [0.717, 1.165) is 11.3 Å². The molecule has 1 N–H and O–H groups in total. The SMILES string of the molecule is CCOc1ccccc1NC(=O)N1CCS[C@@H]1c1cccc(F)c1. The zero-order valence-electron chi connectivity index (χ0n) is 13.4. The molecular formula is C18H19FN2O2S. The molecule has 126 valence electrons. The van der Waals surface area contributed by atoms with Crippen molar-refractivity contribution < 1.29 is 13.9 Å². The highest BCUT2D eigenvalue weighted by Gasteiger charge is 2.31. The summed E-state index contributed by atoms with van der Waals surface area (Å²) in [7, 11) is 0. The molecule has 24 heavy (non-hydrogen) atoms. The summed E-state index contributed by atoms with van der Waals surface area (Å²) in [6.45, 7) is 3.04. The Balaban J connectivity index is 1.77. The number of hydrogen-bond donors (Lipinski definition) is 1. The van der Waals surface area contributed by atoms with E-state index in [-0.39, 0.29) is 17.2 Å². The quantitative estimate of drug-likeness (QED) is 0.886. The van der Waals surface area contributed by atoms with Gasteiger partial charge in [-0.3, -0.25) is 0 Å². The van der Waals surface area contributed by atoms with Gasteiger partial charge >= 0.3 is 6.03 Å². The highest BCUT2D eigenvalue weighted by Crippen LogP contribution is 2.38. The number of anilines is 1. The summed E-state index contributed by atoms with van der Waals surface area (Å²) in [6, 6.07) is 13.5. The van der Waals surface area contributed by atoms with Crippen LogP contribution in [0.5, 0.6) is 5.75 Å². The van der Waals surface area contributed by atoms with Gasteiger partial charge in [0.25, 0.3) is 0 Å². The van der Waals surface area contributed by atoms with Gasteiger partial charge in [0.1, 0.15) is 16.9 Å². The number of para-hydroxylation sites is 2. The van der Waals surface area contributed by atoms with E-state index in [1.54, 1.807) is 22.7 Å². The second kappa shape index (κ2) is 7.57. The molecule has 2 aromatic carbocycles. The molecule has 0 radical (unpaired) electrons. The van der Waals surface area contributed by atoms with E-state index in [9.17, 15) is 9.18 Å². The van der Waals surface area contributed by atoms with Gasteiger partial charge in [-0.25, -0.2) is 9.18 Å². The fourth-order valence-corrected chi connectivity index (χ4v) is 3.90. The molecule has 1 fully saturated rings. The van der Waals surface area contributed by atoms with Crippen LogP contribution in [0.3, 0.4) is 0 Å². The second-order valence-corrected chi connectivity index (χ2v) is 6.52. The van der Waals surface area contributed by atoms with Gasteiger partial charge in [0.15, 0.2) is 0 Å². The first-order valence-electron chi connectivity index (χ1n) is 7.85. The van der Waals surface area contributed by atoms with Crippen LogP contribution in [0.1, 0.15) is 17.9 Å². The number of rotatable bonds is 4. The molecule has 0 saturated carbocycles. The number of amides is 2. The van der Waals surface area contributed by atoms with Crippen LogP contribution in [0.4, 0.5) is 14.9 Å². The lowest BCUT2D eigenvalue weighted by atomic mass is 10.2. The van der Waals surface area contributed by atoms with E-state index in [2.05, 4.69) is 5.32 Å². The lowest BCUT2D eigenvalue weighted by molar-refractivity contribution is 0.214. The van der Waals surface area contributed by atoms with Gasteiger partial charge in [0.05, 0.1) is 12.3 Å². The number of hydrogen-bond acceptors (Lipinski definition) is 3. The molecule has 2 aromatic rings. The third kappa shape index (κ3) is 3.64. The van der Waals surface area contributed by atoms with Crippen molar-refractivity contribution >= 4 is 23.5 Å². The minimum atomic E-state index is -0.290. The van der Waals surface area contributed by atoms with E-state index < -0.39 is 0 Å². The first-order valence-corrected chi connectivity index (χ1v) is 8.90. The van der Waals surface area contributed by atoms with Crippen LogP contribution in [-0.2, 0) is 0 Å². The van der Waals surface area contributed by atoms with Gasteiger partial charge in [0, 0.05) is 12.3 Å². The number of thioether (sulfide) groups is 1. The van der Waals surface area contributed by atoms with Crippen molar-refractivity contribution in [3.05, 3.63) is 59.9 Å². The second-order valence-electron chi connectivity index (χ2n) is 5.33. The molecule has 1 atom stereocenters. The minimum Gasteiger partial charge on any atom is -0.492 e. The standard InChI is InChI=1S/C18H19FN2O2S/c1-2-23-16-9-4-3-8-15(16)20-18(22)21-10-11-24-17(21)13-6-5-7-14(19)12-13/h3-9,12,17H,2,10-11H2,1H3,(H,20,22)/t17-/m1/s1. The Morgan fingerprint density at radius 3 is 2.96 bits per heavy atom. The summed E-state index contributed by atoms with van der Waals surface area (Å²) in [4.78, 5) is 14.4. The normalized spacial score (nSPS) is 16.9. The Morgan fingerprint density at radius 1 is 1.33 bits per heavy atom. The van der Waals surface area contributed by atoms with Crippen molar-refractivity contribution in [1.82, 2.24) is 4.90 Å². The van der Waals surface area contributed by atoms with Crippen molar-refractivity contribution in [2.45, 2.75) is 12.3 Å². The zero-order valence-corrected chi connectivity index (χ0v) is 14.2. The minimum absolute atomic E-state index is 0.181. The van der Waals surface area contributed by atoms with Gasteiger partial charge < -0.3 is 15.0 Å². The topological polar surface area (TPSA) is 41.6 Å². The number of benzene rings is 2. The van der Waals surface area contributed by atoms with Gasteiger partial charge in [-0.05, 0) is 36.8 Å². The van der Waals surface area contributed by atoms with Crippen LogP contribution in [-0.4, -0.2) is 29.8 Å². The molecule has 0 unspecified atom stereocenters. The molecule has 1 heterocycles. The third-order valence-corrected chi connectivity index (χ3v) is 4.97. The van der Waals surface area contributed by atoms with Crippen LogP contribution in [0, 0.1) is 5.82 Å². The Morgan fingerprint density at radius 2 is 2.17 bits per heavy atom.